The van der Waals surface area contributed by atoms with Crippen LogP contribution >= 0.6 is 0 Å². The summed E-state index contributed by atoms with van der Waals surface area (Å²) < 4.78 is 19.1. The summed E-state index contributed by atoms with van der Waals surface area (Å²) in [6.45, 7) is 2.76. The molecule has 1 aliphatic heterocycles. The van der Waals surface area contributed by atoms with E-state index in [4.69, 9.17) is 4.74 Å². The lowest BCUT2D eigenvalue weighted by atomic mass is 10.1. The molecule has 1 aromatic carbocycles. The Kier molecular flexibility index (Phi) is 5.52. The lowest BCUT2D eigenvalue weighted by Gasteiger charge is -2.32. The molecule has 1 N–H and O–H groups in total. The molecule has 1 aromatic heterocycles. The van der Waals surface area contributed by atoms with Crippen LogP contribution in [0.4, 0.5) is 4.39 Å². The molecule has 1 fully saturated rings. The van der Waals surface area contributed by atoms with Crippen LogP contribution in [-0.2, 0) is 16.1 Å². The van der Waals surface area contributed by atoms with E-state index < -0.39 is 11.9 Å². The molecule has 2 heterocycles. The highest BCUT2D eigenvalue weighted by Gasteiger charge is 2.28. The summed E-state index contributed by atoms with van der Waals surface area (Å²) in [5.41, 5.74) is 0.952. The average Bonchev–Trinajstić information content (AvgIpc) is 2.66. The Morgan fingerprint density at radius 2 is 2.23 bits per heavy atom. The molecule has 0 unspecified atom stereocenters. The highest BCUT2D eigenvalue weighted by molar-refractivity contribution is 5.94. The second-order valence-electron chi connectivity index (χ2n) is 5.94. The number of benzene rings is 1. The Morgan fingerprint density at radius 3 is 3.00 bits per heavy atom. The number of morpholine rings is 1. The van der Waals surface area contributed by atoms with Gasteiger partial charge in [-0.3, -0.25) is 9.59 Å². The highest BCUT2D eigenvalue weighted by atomic mass is 19.1. The van der Waals surface area contributed by atoms with E-state index in [1.54, 1.807) is 23.2 Å². The molecule has 1 saturated heterocycles. The first kappa shape index (κ1) is 17.9. The molecule has 0 radical (unpaired) electrons. The maximum Gasteiger partial charge on any atom is 0.254 e. The van der Waals surface area contributed by atoms with Crippen LogP contribution in [-0.4, -0.2) is 46.4 Å². The Hall–Kier alpha value is -2.87. The monoisotopic (exact) mass is 358 g/mol. The minimum absolute atomic E-state index is 0.147. The summed E-state index contributed by atoms with van der Waals surface area (Å²) in [6, 6.07) is 7.32. The van der Waals surface area contributed by atoms with E-state index in [2.05, 4.69) is 15.3 Å². The minimum Gasteiger partial charge on any atom is -0.367 e. The topological polar surface area (TPSA) is 84.4 Å². The van der Waals surface area contributed by atoms with Crippen LogP contribution in [0.1, 0.15) is 34.9 Å². The number of nitrogens with zero attached hydrogens (tertiary/aromatic N) is 3. The summed E-state index contributed by atoms with van der Waals surface area (Å²) in [6.07, 6.45) is 1.12. The first-order valence-electron chi connectivity index (χ1n) is 8.25. The van der Waals surface area contributed by atoms with Gasteiger partial charge < -0.3 is 15.0 Å². The molecule has 0 bridgehead atoms. The van der Waals surface area contributed by atoms with Gasteiger partial charge in [-0.05, 0) is 24.3 Å². The molecule has 136 valence electrons. The van der Waals surface area contributed by atoms with Crippen LogP contribution in [0.2, 0.25) is 0 Å². The van der Waals surface area contributed by atoms with E-state index in [1.807, 2.05) is 0 Å². The zero-order valence-corrected chi connectivity index (χ0v) is 14.3. The molecule has 0 saturated carbocycles. The number of hydrogen-bond acceptors (Lipinski definition) is 5. The SMILES string of the molecule is CC(=O)NCc1ccnc([C@H]2CN(C(=O)c3cccc(F)c3)CCO2)n1. The van der Waals surface area contributed by atoms with Crippen LogP contribution in [0, 0.1) is 5.82 Å². The molecule has 1 atom stereocenters. The number of rotatable bonds is 4. The van der Waals surface area contributed by atoms with Crippen molar-refractivity contribution in [1.82, 2.24) is 20.2 Å². The number of nitrogens with one attached hydrogen (secondary N) is 1. The van der Waals surface area contributed by atoms with Gasteiger partial charge in [-0.1, -0.05) is 6.07 Å². The molecule has 2 amide bonds. The van der Waals surface area contributed by atoms with Crippen molar-refractivity contribution in [2.24, 2.45) is 0 Å². The Labute approximate surface area is 150 Å². The molecule has 1 aliphatic rings. The zero-order valence-electron chi connectivity index (χ0n) is 14.3. The standard InChI is InChI=1S/C18H19FN4O3/c1-12(24)21-10-15-5-6-20-17(22-15)16-11-23(7-8-26-16)18(25)13-3-2-4-14(19)9-13/h2-6,9,16H,7-8,10-11H2,1H3,(H,21,24)/t16-/m1/s1. The van der Waals surface area contributed by atoms with Gasteiger partial charge in [0, 0.05) is 25.2 Å². The van der Waals surface area contributed by atoms with Gasteiger partial charge in [0.2, 0.25) is 5.91 Å². The normalized spacial score (nSPS) is 17.0. The third-order valence-electron chi connectivity index (χ3n) is 3.96. The fourth-order valence-corrected chi connectivity index (χ4v) is 2.68. The largest absolute Gasteiger partial charge is 0.367 e. The lowest BCUT2D eigenvalue weighted by Crippen LogP contribution is -2.42. The second-order valence-corrected chi connectivity index (χ2v) is 5.94. The van der Waals surface area contributed by atoms with Crippen LogP contribution in [0.25, 0.3) is 0 Å². The molecule has 0 spiro atoms. The van der Waals surface area contributed by atoms with Gasteiger partial charge in [0.15, 0.2) is 5.82 Å². The van der Waals surface area contributed by atoms with Gasteiger partial charge in [0.05, 0.1) is 25.4 Å². The number of aromatic nitrogens is 2. The van der Waals surface area contributed by atoms with Crippen LogP contribution in [0.5, 0.6) is 0 Å². The molecule has 26 heavy (non-hydrogen) atoms. The molecule has 3 rings (SSSR count). The third kappa shape index (κ3) is 4.40. The summed E-state index contributed by atoms with van der Waals surface area (Å²) >= 11 is 0. The highest BCUT2D eigenvalue weighted by Crippen LogP contribution is 2.21. The van der Waals surface area contributed by atoms with Crippen molar-refractivity contribution in [2.75, 3.05) is 19.7 Å². The van der Waals surface area contributed by atoms with Crippen molar-refractivity contribution in [1.29, 1.82) is 0 Å². The number of halogens is 1. The van der Waals surface area contributed by atoms with Gasteiger partial charge in [0.25, 0.3) is 5.91 Å². The smallest absolute Gasteiger partial charge is 0.254 e. The van der Waals surface area contributed by atoms with E-state index in [0.717, 1.165) is 0 Å². The number of ether oxygens (including phenoxy) is 1. The van der Waals surface area contributed by atoms with E-state index in [1.165, 1.54) is 25.1 Å². The van der Waals surface area contributed by atoms with Crippen molar-refractivity contribution >= 4 is 11.8 Å². The molecular formula is C18H19FN4O3. The van der Waals surface area contributed by atoms with Gasteiger partial charge in [-0.15, -0.1) is 0 Å². The maximum absolute atomic E-state index is 13.4. The average molecular weight is 358 g/mol. The predicted molar refractivity (Wildman–Crippen MR) is 90.5 cm³/mol. The van der Waals surface area contributed by atoms with Crippen molar-refractivity contribution < 1.29 is 18.7 Å². The van der Waals surface area contributed by atoms with Crippen molar-refractivity contribution in [3.8, 4) is 0 Å². The Morgan fingerprint density at radius 1 is 1.38 bits per heavy atom. The fourth-order valence-electron chi connectivity index (χ4n) is 2.68. The van der Waals surface area contributed by atoms with E-state index in [9.17, 15) is 14.0 Å². The number of hydrogen-bond donors (Lipinski definition) is 1. The molecular weight excluding hydrogens is 339 g/mol. The second kappa shape index (κ2) is 8.01. The number of carbonyl (C=O) groups is 2. The number of carbonyl (C=O) groups excluding carboxylic acids is 2. The van der Waals surface area contributed by atoms with Crippen molar-refractivity contribution in [3.05, 3.63) is 59.4 Å². The predicted octanol–water partition coefficient (Wildman–Crippen LogP) is 1.47. The number of amides is 2. The van der Waals surface area contributed by atoms with E-state index >= 15 is 0 Å². The summed E-state index contributed by atoms with van der Waals surface area (Å²) in [7, 11) is 0. The van der Waals surface area contributed by atoms with Crippen molar-refractivity contribution in [3.63, 3.8) is 0 Å². The Balaban J connectivity index is 1.71. The van der Waals surface area contributed by atoms with Gasteiger partial charge in [0.1, 0.15) is 11.9 Å². The van der Waals surface area contributed by atoms with Gasteiger partial charge in [-0.2, -0.15) is 0 Å². The van der Waals surface area contributed by atoms with Crippen LogP contribution in [0.15, 0.2) is 36.5 Å². The first-order chi connectivity index (χ1) is 12.5. The first-order valence-corrected chi connectivity index (χ1v) is 8.25. The van der Waals surface area contributed by atoms with Crippen LogP contribution in [0.3, 0.4) is 0 Å². The maximum atomic E-state index is 13.4. The van der Waals surface area contributed by atoms with E-state index in [0.29, 0.717) is 36.8 Å². The van der Waals surface area contributed by atoms with E-state index in [-0.39, 0.29) is 18.4 Å². The minimum atomic E-state index is -0.474. The fraction of sp³-hybridized carbons (Fsp3) is 0.333. The molecule has 2 aromatic rings. The third-order valence-corrected chi connectivity index (χ3v) is 3.96. The molecule has 7 nitrogen and oxygen atoms in total. The lowest BCUT2D eigenvalue weighted by molar-refractivity contribution is -0.119. The summed E-state index contributed by atoms with van der Waals surface area (Å²) in [5, 5.41) is 2.68. The quantitative estimate of drug-likeness (QED) is 0.895. The zero-order chi connectivity index (χ0) is 18.5. The van der Waals surface area contributed by atoms with Crippen LogP contribution < -0.4 is 5.32 Å². The summed E-state index contributed by atoms with van der Waals surface area (Å²) in [4.78, 5) is 33.8. The van der Waals surface area contributed by atoms with Crippen molar-refractivity contribution in [2.45, 2.75) is 19.6 Å². The molecule has 8 heteroatoms. The van der Waals surface area contributed by atoms with Gasteiger partial charge in [-0.25, -0.2) is 14.4 Å². The summed E-state index contributed by atoms with van der Waals surface area (Å²) in [5.74, 6) is -0.405. The van der Waals surface area contributed by atoms with Gasteiger partial charge >= 0.3 is 0 Å². The Bertz CT molecular complexity index is 815. The molecule has 0 aliphatic carbocycles.